The summed E-state index contributed by atoms with van der Waals surface area (Å²) in [4.78, 5) is 24.5. The van der Waals surface area contributed by atoms with Crippen molar-refractivity contribution in [3.05, 3.63) is 12.2 Å². The first kappa shape index (κ1) is 60.6. The molecule has 0 radical (unpaired) electrons. The third-order valence-corrected chi connectivity index (χ3v) is 13.1. The Hall–Kier alpha value is -1.40. The van der Waals surface area contributed by atoms with E-state index in [1.165, 1.54) is 231 Å². The Labute approximate surface area is 387 Å². The molecule has 0 saturated heterocycles. The molecule has 2 atom stereocenters. The summed E-state index contributed by atoms with van der Waals surface area (Å²) in [7, 11) is 0. The summed E-state index contributed by atoms with van der Waals surface area (Å²) in [5.41, 5.74) is 0. The van der Waals surface area contributed by atoms with Gasteiger partial charge in [0.15, 0.2) is 0 Å². The van der Waals surface area contributed by atoms with E-state index in [-0.39, 0.29) is 18.5 Å². The Morgan fingerprint density at radius 2 is 0.758 bits per heavy atom. The monoisotopic (exact) mass is 876 g/mol. The molecular weight excluding hydrogens is 767 g/mol. The molecule has 368 valence electrons. The number of allylic oxidation sites excluding steroid dienone is 2. The van der Waals surface area contributed by atoms with Gasteiger partial charge in [-0.05, 0) is 51.4 Å². The standard InChI is InChI=1S/C56H109NO5/c1-3-5-7-9-11-13-15-17-25-28-32-36-40-44-48-54(59)53(52-58)57-55(60)49-45-41-37-33-29-26-23-21-19-18-20-22-24-27-31-35-39-43-47-51-62-56(61)50-46-42-38-34-30-16-14-12-10-8-6-4-2/h18-19,53-54,58-59H,3-17,20-52H2,1-2H3,(H,57,60)/b19-18-. The summed E-state index contributed by atoms with van der Waals surface area (Å²) in [5.74, 6) is -0.0383. The van der Waals surface area contributed by atoms with E-state index in [2.05, 4.69) is 31.3 Å². The van der Waals surface area contributed by atoms with E-state index in [0.29, 0.717) is 25.9 Å². The van der Waals surface area contributed by atoms with Gasteiger partial charge in [-0.1, -0.05) is 257 Å². The summed E-state index contributed by atoms with van der Waals surface area (Å²) in [6.45, 7) is 4.95. The van der Waals surface area contributed by atoms with Gasteiger partial charge in [-0.3, -0.25) is 9.59 Å². The molecule has 1 amide bonds. The van der Waals surface area contributed by atoms with Crippen LogP contribution in [0.4, 0.5) is 0 Å². The Bertz CT molecular complexity index is 924. The number of esters is 1. The molecule has 0 saturated carbocycles. The largest absolute Gasteiger partial charge is 0.466 e. The van der Waals surface area contributed by atoms with E-state index in [9.17, 15) is 19.8 Å². The zero-order chi connectivity index (χ0) is 45.1. The van der Waals surface area contributed by atoms with Gasteiger partial charge in [-0.2, -0.15) is 0 Å². The van der Waals surface area contributed by atoms with Crippen molar-refractivity contribution < 1.29 is 24.5 Å². The fraction of sp³-hybridized carbons (Fsp3) is 0.929. The van der Waals surface area contributed by atoms with Gasteiger partial charge in [0, 0.05) is 12.8 Å². The summed E-state index contributed by atoms with van der Waals surface area (Å²) in [6.07, 6.45) is 60.5. The van der Waals surface area contributed by atoms with Gasteiger partial charge in [-0.15, -0.1) is 0 Å². The van der Waals surface area contributed by atoms with Crippen LogP contribution in [0.3, 0.4) is 0 Å². The van der Waals surface area contributed by atoms with E-state index < -0.39 is 12.1 Å². The highest BCUT2D eigenvalue weighted by atomic mass is 16.5. The van der Waals surface area contributed by atoms with Gasteiger partial charge in [0.1, 0.15) is 0 Å². The number of rotatable bonds is 52. The molecule has 0 aromatic rings. The van der Waals surface area contributed by atoms with Crippen molar-refractivity contribution in [2.24, 2.45) is 0 Å². The van der Waals surface area contributed by atoms with Crippen molar-refractivity contribution in [2.45, 2.75) is 321 Å². The fourth-order valence-corrected chi connectivity index (χ4v) is 8.75. The Balaban J connectivity index is 3.43. The highest BCUT2D eigenvalue weighted by Gasteiger charge is 2.20. The van der Waals surface area contributed by atoms with Crippen LogP contribution in [0, 0.1) is 0 Å². The van der Waals surface area contributed by atoms with E-state index in [1.807, 2.05) is 0 Å². The number of carbonyl (C=O) groups is 2. The van der Waals surface area contributed by atoms with Gasteiger partial charge >= 0.3 is 5.97 Å². The highest BCUT2D eigenvalue weighted by Crippen LogP contribution is 2.17. The molecule has 0 aliphatic carbocycles. The normalized spacial score (nSPS) is 12.6. The fourth-order valence-electron chi connectivity index (χ4n) is 8.75. The molecule has 0 rings (SSSR count). The first-order chi connectivity index (χ1) is 30.5. The van der Waals surface area contributed by atoms with Crippen molar-refractivity contribution in [1.29, 1.82) is 0 Å². The molecule has 2 unspecified atom stereocenters. The number of carbonyl (C=O) groups excluding carboxylic acids is 2. The van der Waals surface area contributed by atoms with Gasteiger partial charge in [0.2, 0.25) is 5.91 Å². The van der Waals surface area contributed by atoms with Gasteiger partial charge in [0.05, 0.1) is 25.4 Å². The number of unbranched alkanes of at least 4 members (excludes halogenated alkanes) is 39. The quantitative estimate of drug-likeness (QED) is 0.0321. The molecule has 0 aliphatic heterocycles. The third-order valence-electron chi connectivity index (χ3n) is 13.1. The lowest BCUT2D eigenvalue weighted by Gasteiger charge is -2.22. The molecule has 0 aromatic carbocycles. The minimum Gasteiger partial charge on any atom is -0.466 e. The number of aliphatic hydroxyl groups excluding tert-OH is 2. The predicted molar refractivity (Wildman–Crippen MR) is 269 cm³/mol. The molecule has 6 heteroatoms. The Morgan fingerprint density at radius 3 is 1.15 bits per heavy atom. The minimum atomic E-state index is -0.669. The summed E-state index contributed by atoms with van der Waals surface area (Å²) in [5, 5.41) is 23.2. The van der Waals surface area contributed by atoms with Crippen molar-refractivity contribution in [1.82, 2.24) is 5.32 Å². The highest BCUT2D eigenvalue weighted by molar-refractivity contribution is 5.76. The lowest BCUT2D eigenvalue weighted by atomic mass is 10.0. The average molecular weight is 876 g/mol. The van der Waals surface area contributed by atoms with E-state index in [0.717, 1.165) is 44.9 Å². The Kier molecular flexibility index (Phi) is 51.0. The SMILES string of the molecule is CCCCCCCCCCCCCCCCC(O)C(CO)NC(=O)CCCCCCCCC/C=C\CCCCCCCCCCOC(=O)CCCCCCCCCCCCCC. The van der Waals surface area contributed by atoms with Crippen molar-refractivity contribution in [3.8, 4) is 0 Å². The van der Waals surface area contributed by atoms with Crippen LogP contribution in [0.25, 0.3) is 0 Å². The van der Waals surface area contributed by atoms with Gasteiger partial charge in [-0.25, -0.2) is 0 Å². The van der Waals surface area contributed by atoms with Gasteiger partial charge < -0.3 is 20.3 Å². The number of aliphatic hydroxyl groups is 2. The van der Waals surface area contributed by atoms with Gasteiger partial charge in [0.25, 0.3) is 0 Å². The van der Waals surface area contributed by atoms with Crippen LogP contribution in [0.1, 0.15) is 309 Å². The molecule has 0 spiro atoms. The predicted octanol–water partition coefficient (Wildman–Crippen LogP) is 16.9. The number of hydrogen-bond donors (Lipinski definition) is 3. The van der Waals surface area contributed by atoms with E-state index in [1.54, 1.807) is 0 Å². The van der Waals surface area contributed by atoms with Crippen LogP contribution in [-0.4, -0.2) is 47.4 Å². The number of hydrogen-bond acceptors (Lipinski definition) is 5. The summed E-state index contributed by atoms with van der Waals surface area (Å²) < 4.78 is 5.46. The van der Waals surface area contributed by atoms with Crippen LogP contribution in [0.5, 0.6) is 0 Å². The number of nitrogens with one attached hydrogen (secondary N) is 1. The summed E-state index contributed by atoms with van der Waals surface area (Å²) >= 11 is 0. The number of amides is 1. The molecule has 6 nitrogen and oxygen atoms in total. The molecule has 62 heavy (non-hydrogen) atoms. The van der Waals surface area contributed by atoms with E-state index in [4.69, 9.17) is 4.74 Å². The molecule has 3 N–H and O–H groups in total. The average Bonchev–Trinajstić information content (AvgIpc) is 3.27. The van der Waals surface area contributed by atoms with Crippen LogP contribution < -0.4 is 5.32 Å². The third kappa shape index (κ3) is 48.1. The maximum absolute atomic E-state index is 12.5. The minimum absolute atomic E-state index is 0.00496. The molecule has 0 heterocycles. The molecule has 0 fully saturated rings. The zero-order valence-electron chi connectivity index (χ0n) is 41.9. The smallest absolute Gasteiger partial charge is 0.305 e. The topological polar surface area (TPSA) is 95.9 Å². The second kappa shape index (κ2) is 52.2. The van der Waals surface area contributed by atoms with E-state index >= 15 is 0 Å². The second-order valence-corrected chi connectivity index (χ2v) is 19.3. The molecule has 0 bridgehead atoms. The van der Waals surface area contributed by atoms with Crippen molar-refractivity contribution >= 4 is 11.9 Å². The lowest BCUT2D eigenvalue weighted by molar-refractivity contribution is -0.143. The molecule has 0 aromatic heterocycles. The van der Waals surface area contributed by atoms with Crippen molar-refractivity contribution in [3.63, 3.8) is 0 Å². The lowest BCUT2D eigenvalue weighted by Crippen LogP contribution is -2.45. The maximum Gasteiger partial charge on any atom is 0.305 e. The molecular formula is C56H109NO5. The molecule has 0 aliphatic rings. The number of ether oxygens (including phenoxy) is 1. The summed E-state index contributed by atoms with van der Waals surface area (Å²) in [6, 6.07) is -0.547. The first-order valence-corrected chi connectivity index (χ1v) is 27.9. The maximum atomic E-state index is 12.5. The van der Waals surface area contributed by atoms with Crippen LogP contribution in [0.2, 0.25) is 0 Å². The zero-order valence-corrected chi connectivity index (χ0v) is 41.9. The van der Waals surface area contributed by atoms with Crippen LogP contribution >= 0.6 is 0 Å². The Morgan fingerprint density at radius 1 is 0.435 bits per heavy atom. The first-order valence-electron chi connectivity index (χ1n) is 27.9. The van der Waals surface area contributed by atoms with Crippen molar-refractivity contribution in [2.75, 3.05) is 13.2 Å². The van der Waals surface area contributed by atoms with Crippen LogP contribution in [0.15, 0.2) is 12.2 Å². The second-order valence-electron chi connectivity index (χ2n) is 19.3. The van der Waals surface area contributed by atoms with Crippen LogP contribution in [-0.2, 0) is 14.3 Å².